The predicted molar refractivity (Wildman–Crippen MR) is 63.6 cm³/mol. The van der Waals surface area contributed by atoms with Gasteiger partial charge in [-0.3, -0.25) is 0 Å². The van der Waals surface area contributed by atoms with Crippen molar-refractivity contribution in [3.8, 4) is 0 Å². The molecule has 0 amide bonds. The van der Waals surface area contributed by atoms with Crippen LogP contribution in [0.1, 0.15) is 44.4 Å². The Balaban J connectivity index is 1.80. The van der Waals surface area contributed by atoms with Crippen LogP contribution in [-0.2, 0) is 0 Å². The summed E-state index contributed by atoms with van der Waals surface area (Å²) in [7, 11) is 0. The quantitative estimate of drug-likeness (QED) is 0.825. The van der Waals surface area contributed by atoms with Crippen molar-refractivity contribution in [1.82, 2.24) is 10.2 Å². The minimum atomic E-state index is -0.227. The van der Waals surface area contributed by atoms with Gasteiger partial charge in [-0.2, -0.15) is 0 Å². The van der Waals surface area contributed by atoms with Crippen LogP contribution in [0, 0.1) is 11.8 Å². The van der Waals surface area contributed by atoms with E-state index in [-0.39, 0.29) is 5.38 Å². The van der Waals surface area contributed by atoms with E-state index in [2.05, 4.69) is 22.4 Å². The highest BCUT2D eigenvalue weighted by Gasteiger charge is 2.21. The molecule has 4 nitrogen and oxygen atoms in total. The third-order valence-corrected chi connectivity index (χ3v) is 3.31. The van der Waals surface area contributed by atoms with Crippen LogP contribution in [-0.4, -0.2) is 16.7 Å². The van der Waals surface area contributed by atoms with Gasteiger partial charge in [-0.25, -0.2) is 0 Å². The molecule has 1 aliphatic carbocycles. The lowest BCUT2D eigenvalue weighted by Gasteiger charge is -2.08. The van der Waals surface area contributed by atoms with E-state index >= 15 is 0 Å². The van der Waals surface area contributed by atoms with Crippen LogP contribution in [0.25, 0.3) is 0 Å². The first-order valence-electron chi connectivity index (χ1n) is 5.86. The molecular weight excluding hydrogens is 226 g/mol. The number of rotatable bonds is 4. The molecule has 1 fully saturated rings. The minimum absolute atomic E-state index is 0.227. The molecule has 2 rings (SSSR count). The molecule has 3 unspecified atom stereocenters. The van der Waals surface area contributed by atoms with Crippen LogP contribution >= 0.6 is 11.6 Å². The Morgan fingerprint density at radius 3 is 2.88 bits per heavy atom. The molecule has 5 heteroatoms. The molecule has 0 radical (unpaired) electrons. The lowest BCUT2D eigenvalue weighted by Crippen LogP contribution is -2.11. The predicted octanol–water partition coefficient (Wildman–Crippen LogP) is 3.22. The standard InChI is InChI=1S/C11H18ClN3O/c1-7-3-4-9(5-7)6-13-11-15-14-10(16-11)8(2)12/h7-9H,3-6H2,1-2H3,(H,13,15). The van der Waals surface area contributed by atoms with E-state index in [1.807, 2.05) is 6.92 Å². The second-order valence-corrected chi connectivity index (χ2v) is 5.38. The van der Waals surface area contributed by atoms with Crippen LogP contribution in [0.15, 0.2) is 4.42 Å². The number of nitrogens with zero attached hydrogens (tertiary/aromatic N) is 2. The van der Waals surface area contributed by atoms with Gasteiger partial charge in [-0.1, -0.05) is 18.4 Å². The van der Waals surface area contributed by atoms with Crippen molar-refractivity contribution in [3.05, 3.63) is 5.89 Å². The maximum Gasteiger partial charge on any atom is 0.315 e. The third kappa shape index (κ3) is 2.88. The Hall–Kier alpha value is -0.770. The second-order valence-electron chi connectivity index (χ2n) is 4.73. The van der Waals surface area contributed by atoms with Gasteiger partial charge < -0.3 is 9.73 Å². The molecule has 1 aromatic heterocycles. The van der Waals surface area contributed by atoms with E-state index in [1.165, 1.54) is 19.3 Å². The molecule has 1 aromatic rings. The van der Waals surface area contributed by atoms with Crippen molar-refractivity contribution < 1.29 is 4.42 Å². The van der Waals surface area contributed by atoms with Gasteiger partial charge in [0.25, 0.3) is 0 Å². The number of aromatic nitrogens is 2. The summed E-state index contributed by atoms with van der Waals surface area (Å²) in [5, 5.41) is 10.7. The minimum Gasteiger partial charge on any atom is -0.407 e. The number of alkyl halides is 1. The van der Waals surface area contributed by atoms with Crippen LogP contribution in [0.3, 0.4) is 0 Å². The number of hydrogen-bond acceptors (Lipinski definition) is 4. The van der Waals surface area contributed by atoms with Crippen molar-refractivity contribution in [1.29, 1.82) is 0 Å². The molecule has 16 heavy (non-hydrogen) atoms. The molecule has 90 valence electrons. The second kappa shape index (κ2) is 5.04. The largest absolute Gasteiger partial charge is 0.407 e. The highest BCUT2D eigenvalue weighted by molar-refractivity contribution is 6.20. The summed E-state index contributed by atoms with van der Waals surface area (Å²) < 4.78 is 5.37. The molecule has 0 aromatic carbocycles. The zero-order valence-electron chi connectivity index (χ0n) is 9.74. The fourth-order valence-corrected chi connectivity index (χ4v) is 2.30. The molecule has 1 saturated carbocycles. The van der Waals surface area contributed by atoms with E-state index in [4.69, 9.17) is 16.0 Å². The van der Waals surface area contributed by atoms with Gasteiger partial charge in [-0.05, 0) is 31.6 Å². The van der Waals surface area contributed by atoms with Gasteiger partial charge in [0.15, 0.2) is 0 Å². The number of nitrogens with one attached hydrogen (secondary N) is 1. The van der Waals surface area contributed by atoms with Crippen LogP contribution < -0.4 is 5.32 Å². The summed E-state index contributed by atoms with van der Waals surface area (Å²) in [4.78, 5) is 0. The summed E-state index contributed by atoms with van der Waals surface area (Å²) in [6, 6.07) is 0.488. The van der Waals surface area contributed by atoms with E-state index in [0.29, 0.717) is 11.9 Å². The first-order chi connectivity index (χ1) is 7.65. The van der Waals surface area contributed by atoms with Crippen LogP contribution in [0.2, 0.25) is 0 Å². The SMILES string of the molecule is CC1CCC(CNc2nnc(C(C)Cl)o2)C1. The first kappa shape index (κ1) is 11.7. The maximum absolute atomic E-state index is 5.84. The molecule has 0 saturated heterocycles. The number of halogens is 1. The maximum atomic E-state index is 5.84. The zero-order valence-corrected chi connectivity index (χ0v) is 10.5. The summed E-state index contributed by atoms with van der Waals surface area (Å²) in [6.45, 7) is 5.04. The molecule has 3 atom stereocenters. The average molecular weight is 244 g/mol. The van der Waals surface area contributed by atoms with Gasteiger partial charge in [0.2, 0.25) is 5.89 Å². The number of hydrogen-bond donors (Lipinski definition) is 1. The van der Waals surface area contributed by atoms with E-state index in [9.17, 15) is 0 Å². The van der Waals surface area contributed by atoms with Crippen molar-refractivity contribution in [2.24, 2.45) is 11.8 Å². The Morgan fingerprint density at radius 1 is 1.50 bits per heavy atom. The Bertz CT molecular complexity index is 340. The van der Waals surface area contributed by atoms with Gasteiger partial charge in [0.05, 0.1) is 0 Å². The van der Waals surface area contributed by atoms with Crippen LogP contribution in [0.5, 0.6) is 0 Å². The molecule has 0 bridgehead atoms. The van der Waals surface area contributed by atoms with Crippen molar-refractivity contribution in [3.63, 3.8) is 0 Å². The van der Waals surface area contributed by atoms with E-state index in [1.54, 1.807) is 0 Å². The molecular formula is C11H18ClN3O. The fourth-order valence-electron chi connectivity index (χ4n) is 2.21. The third-order valence-electron chi connectivity index (χ3n) is 3.13. The molecule has 0 aliphatic heterocycles. The van der Waals surface area contributed by atoms with Crippen molar-refractivity contribution in [2.45, 2.75) is 38.5 Å². The average Bonchev–Trinajstić information content (AvgIpc) is 2.83. The molecule has 0 spiro atoms. The molecule has 1 aliphatic rings. The van der Waals surface area contributed by atoms with Gasteiger partial charge in [0, 0.05) is 6.54 Å². The number of anilines is 1. The van der Waals surface area contributed by atoms with Crippen molar-refractivity contribution >= 4 is 17.6 Å². The Labute approximate surface area is 101 Å². The smallest absolute Gasteiger partial charge is 0.315 e. The fraction of sp³-hybridized carbons (Fsp3) is 0.818. The highest BCUT2D eigenvalue weighted by Crippen LogP contribution is 2.30. The summed E-state index contributed by atoms with van der Waals surface area (Å²) in [5.41, 5.74) is 0. The van der Waals surface area contributed by atoms with E-state index in [0.717, 1.165) is 18.4 Å². The lowest BCUT2D eigenvalue weighted by atomic mass is 10.1. The Morgan fingerprint density at radius 2 is 2.31 bits per heavy atom. The summed E-state index contributed by atoms with van der Waals surface area (Å²) >= 11 is 5.84. The topological polar surface area (TPSA) is 51.0 Å². The molecule has 1 heterocycles. The highest BCUT2D eigenvalue weighted by atomic mass is 35.5. The van der Waals surface area contributed by atoms with Gasteiger partial charge >= 0.3 is 6.01 Å². The van der Waals surface area contributed by atoms with E-state index < -0.39 is 0 Å². The lowest BCUT2D eigenvalue weighted by molar-refractivity contribution is 0.490. The zero-order chi connectivity index (χ0) is 11.5. The Kier molecular flexibility index (Phi) is 3.69. The normalized spacial score (nSPS) is 26.9. The monoisotopic (exact) mass is 243 g/mol. The first-order valence-corrected chi connectivity index (χ1v) is 6.30. The van der Waals surface area contributed by atoms with Gasteiger partial charge in [-0.15, -0.1) is 16.7 Å². The summed E-state index contributed by atoms with van der Waals surface area (Å²) in [5.74, 6) is 2.07. The summed E-state index contributed by atoms with van der Waals surface area (Å²) in [6.07, 6.45) is 3.92. The van der Waals surface area contributed by atoms with Crippen molar-refractivity contribution in [2.75, 3.05) is 11.9 Å². The molecule has 1 N–H and O–H groups in total. The van der Waals surface area contributed by atoms with Gasteiger partial charge in [0.1, 0.15) is 5.38 Å². The van der Waals surface area contributed by atoms with Crippen LogP contribution in [0.4, 0.5) is 6.01 Å².